The minimum atomic E-state index is 0.654. The van der Waals surface area contributed by atoms with Gasteiger partial charge in [-0.1, -0.05) is 127 Å². The lowest BCUT2D eigenvalue weighted by atomic mass is 9.93. The molecule has 1 aromatic heterocycles. The van der Waals surface area contributed by atoms with Crippen LogP contribution in [0.25, 0.3) is 83.1 Å². The lowest BCUT2D eigenvalue weighted by Gasteiger charge is -2.14. The summed E-state index contributed by atoms with van der Waals surface area (Å²) in [5.41, 5.74) is 15.7. The normalized spacial score (nSPS) is 11.1. The van der Waals surface area contributed by atoms with Crippen molar-refractivity contribution >= 4 is 21.8 Å². The SMILES string of the molecule is N#Cc1ccc(-c2cc(-c3ccccc3)cc(-n3c4ccccc4c4cc(-c5cc(-c6ccccc6)cc(-c6ccccc6)c5)ccc43)c2)cc1. The van der Waals surface area contributed by atoms with Crippen LogP contribution in [0.15, 0.2) is 194 Å². The van der Waals surface area contributed by atoms with Gasteiger partial charge in [-0.2, -0.15) is 5.26 Å². The van der Waals surface area contributed by atoms with Crippen LogP contribution in [0.2, 0.25) is 0 Å². The number of rotatable bonds is 6. The topological polar surface area (TPSA) is 28.7 Å². The van der Waals surface area contributed by atoms with E-state index in [0.29, 0.717) is 5.56 Å². The van der Waals surface area contributed by atoms with Gasteiger partial charge in [0.25, 0.3) is 0 Å². The standard InChI is InChI=1S/C49H32N2/c50-33-34-20-22-38(23-21-34)44-29-43(37-16-8-3-9-17-37)30-45(31-44)51-48-19-11-10-18-46(48)47-32-39(24-25-49(47)51)42-27-40(35-12-4-1-5-13-35)26-41(28-42)36-14-6-2-7-15-36/h1-32H. The third-order valence-electron chi connectivity index (χ3n) is 9.78. The van der Waals surface area contributed by atoms with Crippen molar-refractivity contribution in [3.63, 3.8) is 0 Å². The van der Waals surface area contributed by atoms with Gasteiger partial charge in [0.15, 0.2) is 0 Å². The first-order valence-electron chi connectivity index (χ1n) is 17.2. The molecule has 0 radical (unpaired) electrons. The fraction of sp³-hybridized carbons (Fsp3) is 0. The van der Waals surface area contributed by atoms with E-state index in [1.54, 1.807) is 0 Å². The van der Waals surface area contributed by atoms with Gasteiger partial charge in [0.1, 0.15) is 0 Å². The number of hydrogen-bond donors (Lipinski definition) is 0. The maximum absolute atomic E-state index is 9.43. The van der Waals surface area contributed by atoms with Gasteiger partial charge in [0, 0.05) is 16.5 Å². The van der Waals surface area contributed by atoms with Crippen LogP contribution < -0.4 is 0 Å². The third kappa shape index (κ3) is 5.68. The summed E-state index contributed by atoms with van der Waals surface area (Å²) in [5, 5.41) is 11.9. The second-order valence-corrected chi connectivity index (χ2v) is 12.9. The molecule has 1 heterocycles. The fourth-order valence-corrected chi connectivity index (χ4v) is 7.26. The number of fused-ring (bicyclic) bond motifs is 3. The van der Waals surface area contributed by atoms with Gasteiger partial charge in [-0.05, 0) is 122 Å². The number of para-hydroxylation sites is 1. The highest BCUT2D eigenvalue weighted by Crippen LogP contribution is 2.39. The van der Waals surface area contributed by atoms with E-state index >= 15 is 0 Å². The number of nitrogens with zero attached hydrogens (tertiary/aromatic N) is 2. The van der Waals surface area contributed by atoms with Crippen molar-refractivity contribution in [3.05, 3.63) is 200 Å². The smallest absolute Gasteiger partial charge is 0.0991 e. The van der Waals surface area contributed by atoms with Crippen LogP contribution in [0.4, 0.5) is 0 Å². The monoisotopic (exact) mass is 648 g/mol. The Kier molecular flexibility index (Phi) is 7.58. The first-order valence-corrected chi connectivity index (χ1v) is 17.2. The number of benzene rings is 8. The van der Waals surface area contributed by atoms with Gasteiger partial charge in [0.05, 0.1) is 22.7 Å². The Bertz CT molecular complexity index is 2660. The van der Waals surface area contributed by atoms with E-state index in [1.807, 2.05) is 24.3 Å². The Morgan fingerprint density at radius 1 is 0.314 bits per heavy atom. The number of aromatic nitrogens is 1. The second kappa shape index (κ2) is 12.8. The summed E-state index contributed by atoms with van der Waals surface area (Å²) in [4.78, 5) is 0. The summed E-state index contributed by atoms with van der Waals surface area (Å²) in [6, 6.07) is 71.2. The molecule has 8 aromatic carbocycles. The van der Waals surface area contributed by atoms with Crippen LogP contribution in [0.5, 0.6) is 0 Å². The van der Waals surface area contributed by atoms with Crippen molar-refractivity contribution in [1.82, 2.24) is 4.57 Å². The zero-order valence-electron chi connectivity index (χ0n) is 27.9. The average molecular weight is 649 g/mol. The summed E-state index contributed by atoms with van der Waals surface area (Å²) < 4.78 is 2.39. The van der Waals surface area contributed by atoms with Crippen LogP contribution in [-0.2, 0) is 0 Å². The zero-order chi connectivity index (χ0) is 34.1. The van der Waals surface area contributed by atoms with E-state index < -0.39 is 0 Å². The molecule has 2 nitrogen and oxygen atoms in total. The van der Waals surface area contributed by atoms with Crippen molar-refractivity contribution in [3.8, 4) is 67.4 Å². The molecule has 0 atom stereocenters. The summed E-state index contributed by atoms with van der Waals surface area (Å²) in [5.74, 6) is 0. The Balaban J connectivity index is 1.25. The number of hydrogen-bond acceptors (Lipinski definition) is 1. The molecule has 0 aliphatic carbocycles. The summed E-state index contributed by atoms with van der Waals surface area (Å²) in [6.07, 6.45) is 0. The molecule has 0 aliphatic heterocycles. The largest absolute Gasteiger partial charge is 0.309 e. The van der Waals surface area contributed by atoms with Gasteiger partial charge in [0.2, 0.25) is 0 Å². The van der Waals surface area contributed by atoms with Crippen molar-refractivity contribution in [2.45, 2.75) is 0 Å². The van der Waals surface area contributed by atoms with Crippen molar-refractivity contribution in [1.29, 1.82) is 5.26 Å². The van der Waals surface area contributed by atoms with Crippen LogP contribution in [0, 0.1) is 11.3 Å². The zero-order valence-corrected chi connectivity index (χ0v) is 27.9. The molecule has 0 spiro atoms. The van der Waals surface area contributed by atoms with E-state index in [4.69, 9.17) is 0 Å². The molecule has 0 amide bonds. The summed E-state index contributed by atoms with van der Waals surface area (Å²) >= 11 is 0. The van der Waals surface area contributed by atoms with Crippen molar-refractivity contribution in [2.75, 3.05) is 0 Å². The molecule has 2 heteroatoms. The number of nitriles is 1. The minimum Gasteiger partial charge on any atom is -0.309 e. The van der Waals surface area contributed by atoms with Gasteiger partial charge in [-0.3, -0.25) is 0 Å². The third-order valence-corrected chi connectivity index (χ3v) is 9.78. The van der Waals surface area contributed by atoms with Gasteiger partial charge < -0.3 is 4.57 Å². The van der Waals surface area contributed by atoms with E-state index in [1.165, 1.54) is 44.2 Å². The fourth-order valence-electron chi connectivity index (χ4n) is 7.26. The maximum atomic E-state index is 9.43. The Morgan fingerprint density at radius 2 is 0.725 bits per heavy atom. The first-order chi connectivity index (χ1) is 25.2. The predicted octanol–water partition coefficient (Wildman–Crippen LogP) is 13.0. The molecule has 0 unspecified atom stereocenters. The quantitative estimate of drug-likeness (QED) is 0.176. The Hall–Kier alpha value is -6.95. The molecule has 238 valence electrons. The van der Waals surface area contributed by atoms with Gasteiger partial charge >= 0.3 is 0 Å². The maximum Gasteiger partial charge on any atom is 0.0991 e. The minimum absolute atomic E-state index is 0.654. The molecule has 9 aromatic rings. The molecule has 9 rings (SSSR count). The predicted molar refractivity (Wildman–Crippen MR) is 213 cm³/mol. The molecule has 0 N–H and O–H groups in total. The Morgan fingerprint density at radius 3 is 1.25 bits per heavy atom. The molecule has 0 aliphatic rings. The van der Waals surface area contributed by atoms with Gasteiger partial charge in [-0.25, -0.2) is 0 Å². The molecular formula is C49H32N2. The highest BCUT2D eigenvalue weighted by Gasteiger charge is 2.16. The molecule has 0 fully saturated rings. The first kappa shape index (κ1) is 30.1. The molecular weight excluding hydrogens is 617 g/mol. The van der Waals surface area contributed by atoms with E-state index in [2.05, 4.69) is 180 Å². The lowest BCUT2D eigenvalue weighted by Crippen LogP contribution is -1.96. The second-order valence-electron chi connectivity index (χ2n) is 12.9. The van der Waals surface area contributed by atoms with E-state index in [-0.39, 0.29) is 0 Å². The molecule has 0 saturated heterocycles. The average Bonchev–Trinajstić information content (AvgIpc) is 3.55. The Labute approximate surface area is 297 Å². The van der Waals surface area contributed by atoms with Crippen LogP contribution in [-0.4, -0.2) is 4.57 Å². The van der Waals surface area contributed by atoms with Crippen molar-refractivity contribution in [2.24, 2.45) is 0 Å². The lowest BCUT2D eigenvalue weighted by molar-refractivity contribution is 1.18. The van der Waals surface area contributed by atoms with Crippen LogP contribution >= 0.6 is 0 Å². The molecule has 51 heavy (non-hydrogen) atoms. The highest BCUT2D eigenvalue weighted by atomic mass is 15.0. The molecule has 0 bridgehead atoms. The van der Waals surface area contributed by atoms with Crippen LogP contribution in [0.3, 0.4) is 0 Å². The van der Waals surface area contributed by atoms with Crippen molar-refractivity contribution < 1.29 is 0 Å². The summed E-state index contributed by atoms with van der Waals surface area (Å²) in [7, 11) is 0. The van der Waals surface area contributed by atoms with Crippen LogP contribution in [0.1, 0.15) is 5.56 Å². The molecule has 0 saturated carbocycles. The summed E-state index contributed by atoms with van der Waals surface area (Å²) in [6.45, 7) is 0. The van der Waals surface area contributed by atoms with E-state index in [0.717, 1.165) is 39.0 Å². The van der Waals surface area contributed by atoms with E-state index in [9.17, 15) is 5.26 Å². The highest BCUT2D eigenvalue weighted by molar-refractivity contribution is 6.10. The van der Waals surface area contributed by atoms with Gasteiger partial charge in [-0.15, -0.1) is 0 Å².